The van der Waals surface area contributed by atoms with Gasteiger partial charge in [0.1, 0.15) is 6.10 Å². The minimum atomic E-state index is -0.982. The van der Waals surface area contributed by atoms with Gasteiger partial charge in [-0.3, -0.25) is 9.78 Å². The van der Waals surface area contributed by atoms with E-state index in [1.807, 2.05) is 30.3 Å². The lowest BCUT2D eigenvalue weighted by atomic mass is 9.99. The van der Waals surface area contributed by atoms with Gasteiger partial charge in [0.25, 0.3) is 0 Å². The molecule has 0 saturated carbocycles. The van der Waals surface area contributed by atoms with Crippen LogP contribution in [0.15, 0.2) is 48.8 Å². The van der Waals surface area contributed by atoms with Gasteiger partial charge in [0.05, 0.1) is 12.1 Å². The van der Waals surface area contributed by atoms with E-state index in [9.17, 15) is 15.0 Å². The predicted molar refractivity (Wildman–Crippen MR) is 96.3 cm³/mol. The number of amides is 1. The maximum atomic E-state index is 11.8. The Bertz CT molecular complexity index is 704. The molecule has 6 nitrogen and oxygen atoms in total. The zero-order valence-corrected chi connectivity index (χ0v) is 14.2. The zero-order chi connectivity index (χ0) is 17.8. The molecule has 25 heavy (non-hydrogen) atoms. The van der Waals surface area contributed by atoms with Crippen molar-refractivity contribution in [2.45, 2.75) is 38.0 Å². The van der Waals surface area contributed by atoms with Crippen LogP contribution in [0.1, 0.15) is 31.4 Å². The van der Waals surface area contributed by atoms with Crippen LogP contribution in [0, 0.1) is 0 Å². The summed E-state index contributed by atoms with van der Waals surface area (Å²) in [6.45, 7) is 2.31. The molecule has 1 amide bonds. The number of nitrogens with zero attached hydrogens (tertiary/aromatic N) is 2. The fourth-order valence-electron chi connectivity index (χ4n) is 3.04. The van der Waals surface area contributed by atoms with Crippen LogP contribution in [0.2, 0.25) is 0 Å². The van der Waals surface area contributed by atoms with Crippen molar-refractivity contribution in [2.24, 2.45) is 0 Å². The average molecular weight is 341 g/mol. The third kappa shape index (κ3) is 3.97. The van der Waals surface area contributed by atoms with Gasteiger partial charge in [-0.05, 0) is 49.2 Å². The third-order valence-corrected chi connectivity index (χ3v) is 4.45. The second-order valence-electron chi connectivity index (χ2n) is 6.34. The number of pyridine rings is 1. The Kier molecular flexibility index (Phi) is 5.31. The number of carbonyl (C=O) groups is 1. The first-order chi connectivity index (χ1) is 12.1. The van der Waals surface area contributed by atoms with E-state index >= 15 is 0 Å². The van der Waals surface area contributed by atoms with Gasteiger partial charge in [0.15, 0.2) is 0 Å². The van der Waals surface area contributed by atoms with E-state index in [0.717, 1.165) is 29.9 Å². The number of hydrogen-bond donors (Lipinski definition) is 3. The SMILES string of the molecule is C[C@H](O)[C@@H](O)[C@H](Nc1ccc(N2CCCC2=O)cc1)c1cccnc1. The van der Waals surface area contributed by atoms with Crippen molar-refractivity contribution in [2.75, 3.05) is 16.8 Å². The molecule has 3 N–H and O–H groups in total. The molecule has 0 spiro atoms. The highest BCUT2D eigenvalue weighted by atomic mass is 16.3. The fourth-order valence-corrected chi connectivity index (χ4v) is 3.04. The first-order valence-electron chi connectivity index (χ1n) is 8.49. The molecule has 0 radical (unpaired) electrons. The molecule has 0 unspecified atom stereocenters. The van der Waals surface area contributed by atoms with Crippen LogP contribution < -0.4 is 10.2 Å². The third-order valence-electron chi connectivity index (χ3n) is 4.45. The molecule has 1 aliphatic rings. The molecule has 0 bridgehead atoms. The number of aliphatic hydroxyl groups is 2. The van der Waals surface area contributed by atoms with Gasteiger partial charge < -0.3 is 20.4 Å². The molecule has 3 rings (SSSR count). The molecule has 132 valence electrons. The van der Waals surface area contributed by atoms with Crippen LogP contribution >= 0.6 is 0 Å². The number of hydrogen-bond acceptors (Lipinski definition) is 5. The van der Waals surface area contributed by atoms with Crippen LogP contribution in [0.25, 0.3) is 0 Å². The average Bonchev–Trinajstić information content (AvgIpc) is 3.06. The van der Waals surface area contributed by atoms with Crippen LogP contribution in [0.4, 0.5) is 11.4 Å². The number of benzene rings is 1. The van der Waals surface area contributed by atoms with Crippen molar-refractivity contribution in [3.05, 3.63) is 54.4 Å². The Balaban J connectivity index is 1.78. The summed E-state index contributed by atoms with van der Waals surface area (Å²) in [6.07, 6.45) is 2.95. The van der Waals surface area contributed by atoms with Gasteiger partial charge in [-0.1, -0.05) is 6.07 Å². The minimum Gasteiger partial charge on any atom is -0.391 e. The number of aromatic nitrogens is 1. The van der Waals surface area contributed by atoms with Gasteiger partial charge in [-0.25, -0.2) is 0 Å². The van der Waals surface area contributed by atoms with E-state index in [2.05, 4.69) is 10.3 Å². The summed E-state index contributed by atoms with van der Waals surface area (Å²) in [7, 11) is 0. The van der Waals surface area contributed by atoms with Crippen molar-refractivity contribution in [3.8, 4) is 0 Å². The summed E-state index contributed by atoms with van der Waals surface area (Å²) in [5.74, 6) is 0.151. The maximum Gasteiger partial charge on any atom is 0.227 e. The van der Waals surface area contributed by atoms with Crippen LogP contribution in [-0.2, 0) is 4.79 Å². The van der Waals surface area contributed by atoms with Gasteiger partial charge in [0.2, 0.25) is 5.91 Å². The minimum absolute atomic E-state index is 0.151. The molecule has 3 atom stereocenters. The first-order valence-corrected chi connectivity index (χ1v) is 8.49. The Hall–Kier alpha value is -2.44. The van der Waals surface area contributed by atoms with E-state index in [1.54, 1.807) is 30.3 Å². The van der Waals surface area contributed by atoms with Crippen molar-refractivity contribution >= 4 is 17.3 Å². The molecule has 1 saturated heterocycles. The van der Waals surface area contributed by atoms with Gasteiger partial charge in [-0.2, -0.15) is 0 Å². The quantitative estimate of drug-likeness (QED) is 0.749. The lowest BCUT2D eigenvalue weighted by molar-refractivity contribution is -0.117. The Morgan fingerprint density at radius 3 is 2.52 bits per heavy atom. The number of carbonyl (C=O) groups excluding carboxylic acids is 1. The fraction of sp³-hybridized carbons (Fsp3) is 0.368. The van der Waals surface area contributed by atoms with E-state index in [1.165, 1.54) is 0 Å². The normalized spacial score (nSPS) is 18.0. The molecule has 1 fully saturated rings. The maximum absolute atomic E-state index is 11.8. The van der Waals surface area contributed by atoms with Crippen molar-refractivity contribution in [1.29, 1.82) is 0 Å². The van der Waals surface area contributed by atoms with Crippen molar-refractivity contribution in [1.82, 2.24) is 4.98 Å². The Morgan fingerprint density at radius 1 is 1.20 bits per heavy atom. The molecular weight excluding hydrogens is 318 g/mol. The standard InChI is InChI=1S/C19H23N3O3/c1-13(23)19(25)18(14-4-2-10-20-12-14)21-15-6-8-16(9-7-15)22-11-3-5-17(22)24/h2,4,6-10,12-13,18-19,21,23,25H,3,5,11H2,1H3/t13-,18+,19+/m0/s1. The highest BCUT2D eigenvalue weighted by Crippen LogP contribution is 2.27. The van der Waals surface area contributed by atoms with Gasteiger partial charge in [0, 0.05) is 36.7 Å². The first kappa shape index (κ1) is 17.4. The van der Waals surface area contributed by atoms with E-state index < -0.39 is 18.2 Å². The molecule has 2 aromatic rings. The number of nitrogens with one attached hydrogen (secondary N) is 1. The number of anilines is 2. The summed E-state index contributed by atoms with van der Waals surface area (Å²) in [5.41, 5.74) is 2.46. The summed E-state index contributed by atoms with van der Waals surface area (Å²) in [4.78, 5) is 17.7. The van der Waals surface area contributed by atoms with E-state index in [-0.39, 0.29) is 5.91 Å². The molecule has 1 aromatic heterocycles. The summed E-state index contributed by atoms with van der Waals surface area (Å²) >= 11 is 0. The summed E-state index contributed by atoms with van der Waals surface area (Å²) in [5, 5.41) is 23.4. The summed E-state index contributed by atoms with van der Waals surface area (Å²) < 4.78 is 0. The highest BCUT2D eigenvalue weighted by Gasteiger charge is 2.26. The highest BCUT2D eigenvalue weighted by molar-refractivity contribution is 5.95. The van der Waals surface area contributed by atoms with Crippen LogP contribution in [-0.4, -0.2) is 39.9 Å². The van der Waals surface area contributed by atoms with Crippen molar-refractivity contribution < 1.29 is 15.0 Å². The smallest absolute Gasteiger partial charge is 0.227 e. The van der Waals surface area contributed by atoms with Crippen LogP contribution in [0.3, 0.4) is 0 Å². The molecule has 1 aromatic carbocycles. The monoisotopic (exact) mass is 341 g/mol. The predicted octanol–water partition coefficient (Wildman–Crippen LogP) is 2.10. The topological polar surface area (TPSA) is 85.7 Å². The number of aliphatic hydroxyl groups excluding tert-OH is 2. The number of rotatable bonds is 6. The summed E-state index contributed by atoms with van der Waals surface area (Å²) in [6, 6.07) is 10.7. The lowest BCUT2D eigenvalue weighted by Gasteiger charge is -2.27. The molecule has 6 heteroatoms. The Labute approximate surface area is 147 Å². The van der Waals surface area contributed by atoms with Crippen molar-refractivity contribution in [3.63, 3.8) is 0 Å². The van der Waals surface area contributed by atoms with Gasteiger partial charge in [-0.15, -0.1) is 0 Å². The second-order valence-corrected chi connectivity index (χ2v) is 6.34. The molecular formula is C19H23N3O3. The lowest BCUT2D eigenvalue weighted by Crippen LogP contribution is -2.34. The van der Waals surface area contributed by atoms with E-state index in [4.69, 9.17) is 0 Å². The second kappa shape index (κ2) is 7.63. The largest absolute Gasteiger partial charge is 0.391 e. The van der Waals surface area contributed by atoms with E-state index in [0.29, 0.717) is 6.42 Å². The molecule has 2 heterocycles. The molecule has 0 aliphatic carbocycles. The zero-order valence-electron chi connectivity index (χ0n) is 14.2. The van der Waals surface area contributed by atoms with Crippen LogP contribution in [0.5, 0.6) is 0 Å². The molecule has 1 aliphatic heterocycles. The van der Waals surface area contributed by atoms with Gasteiger partial charge >= 0.3 is 0 Å². The Morgan fingerprint density at radius 2 is 1.96 bits per heavy atom.